The molecule has 0 saturated carbocycles. The van der Waals surface area contributed by atoms with E-state index in [1.807, 2.05) is 0 Å². The van der Waals surface area contributed by atoms with Crippen LogP contribution in [-0.4, -0.2) is 36.7 Å². The van der Waals surface area contributed by atoms with Crippen LogP contribution >= 0.6 is 0 Å². The van der Waals surface area contributed by atoms with Gasteiger partial charge in [0.25, 0.3) is 5.91 Å². The molecule has 0 aromatic carbocycles. The fraction of sp³-hybridized carbons (Fsp3) is 0.333. The average molecular weight is 213 g/mol. The van der Waals surface area contributed by atoms with Crippen molar-refractivity contribution in [3.8, 4) is 0 Å². The molecule has 0 saturated heterocycles. The topological polar surface area (TPSA) is 88.8 Å². The number of methoxy groups -OCH3 is 1. The molecule has 6 nitrogen and oxygen atoms in total. The van der Waals surface area contributed by atoms with Crippen LogP contribution in [-0.2, 0) is 9.53 Å². The minimum Gasteiger partial charge on any atom is -0.467 e. The summed E-state index contributed by atoms with van der Waals surface area (Å²) in [6, 6.07) is 3.03. The summed E-state index contributed by atoms with van der Waals surface area (Å²) in [6.45, 7) is -0.216. The molecule has 0 aliphatic carbocycles. The quantitative estimate of drug-likeness (QED) is 0.661. The predicted octanol–water partition coefficient (Wildman–Crippen LogP) is -0.457. The lowest BCUT2D eigenvalue weighted by Gasteiger charge is -2.08. The van der Waals surface area contributed by atoms with Crippen LogP contribution in [0.25, 0.3) is 0 Å². The lowest BCUT2D eigenvalue weighted by Crippen LogP contribution is -2.37. The van der Waals surface area contributed by atoms with Gasteiger partial charge in [-0.1, -0.05) is 0 Å². The van der Waals surface area contributed by atoms with E-state index >= 15 is 0 Å². The largest absolute Gasteiger partial charge is 0.467 e. The van der Waals surface area contributed by atoms with E-state index in [1.54, 1.807) is 6.07 Å². The van der Waals surface area contributed by atoms with Gasteiger partial charge in [-0.3, -0.25) is 4.79 Å². The number of carbonyl (C=O) groups is 2. The second kappa shape index (κ2) is 5.16. The summed E-state index contributed by atoms with van der Waals surface area (Å²) >= 11 is 0. The van der Waals surface area contributed by atoms with Crippen molar-refractivity contribution in [2.75, 3.05) is 13.7 Å². The average Bonchev–Trinajstić information content (AvgIpc) is 2.77. The Morgan fingerprint density at radius 3 is 2.93 bits per heavy atom. The Balaban J connectivity index is 2.38. The number of hydrogen-bond acceptors (Lipinski definition) is 5. The van der Waals surface area contributed by atoms with Crippen molar-refractivity contribution in [1.82, 2.24) is 5.32 Å². The van der Waals surface area contributed by atoms with E-state index < -0.39 is 18.0 Å². The number of nitrogens with one attached hydrogen (secondary N) is 1. The zero-order valence-corrected chi connectivity index (χ0v) is 8.10. The van der Waals surface area contributed by atoms with E-state index in [9.17, 15) is 9.59 Å². The summed E-state index contributed by atoms with van der Waals surface area (Å²) in [5.41, 5.74) is 0. The number of rotatable bonds is 4. The van der Waals surface area contributed by atoms with Gasteiger partial charge in [0.05, 0.1) is 19.9 Å². The molecule has 1 amide bonds. The Morgan fingerprint density at radius 1 is 1.67 bits per heavy atom. The van der Waals surface area contributed by atoms with Crippen molar-refractivity contribution in [2.24, 2.45) is 0 Å². The third-order valence-corrected chi connectivity index (χ3v) is 1.67. The lowest BCUT2D eigenvalue weighted by atomic mass is 10.3. The van der Waals surface area contributed by atoms with Crippen molar-refractivity contribution in [3.63, 3.8) is 0 Å². The monoisotopic (exact) mass is 213 g/mol. The zero-order valence-electron chi connectivity index (χ0n) is 8.10. The highest BCUT2D eigenvalue weighted by atomic mass is 16.5. The number of aliphatic hydroxyl groups is 1. The van der Waals surface area contributed by atoms with Gasteiger partial charge in [0, 0.05) is 0 Å². The minimum absolute atomic E-state index is 0.118. The van der Waals surface area contributed by atoms with Gasteiger partial charge in [-0.15, -0.1) is 0 Å². The van der Waals surface area contributed by atoms with E-state index in [0.29, 0.717) is 0 Å². The molecule has 6 heteroatoms. The van der Waals surface area contributed by atoms with Crippen LogP contribution in [0.3, 0.4) is 0 Å². The molecule has 1 aromatic heterocycles. The van der Waals surface area contributed by atoms with E-state index in [4.69, 9.17) is 9.52 Å². The van der Waals surface area contributed by atoms with E-state index in [0.717, 1.165) is 7.11 Å². The highest BCUT2D eigenvalue weighted by molar-refractivity contribution is 5.91. The fourth-order valence-corrected chi connectivity index (χ4v) is 0.904. The smallest absolute Gasteiger partial charge is 0.336 e. The van der Waals surface area contributed by atoms with Crippen molar-refractivity contribution >= 4 is 11.9 Å². The van der Waals surface area contributed by atoms with Crippen LogP contribution in [0.5, 0.6) is 0 Å². The summed E-state index contributed by atoms with van der Waals surface area (Å²) in [7, 11) is 1.15. The standard InChI is InChI=1S/C9H11NO5/c1-14-9(13)6(11)5-10-8(12)7-3-2-4-15-7/h2-4,6,11H,5H2,1H3,(H,10,12). The molecule has 1 aromatic rings. The first kappa shape index (κ1) is 11.3. The molecule has 0 aliphatic heterocycles. The van der Waals surface area contributed by atoms with Crippen molar-refractivity contribution in [1.29, 1.82) is 0 Å². The van der Waals surface area contributed by atoms with E-state index in [1.165, 1.54) is 12.3 Å². The Labute approximate surface area is 85.8 Å². The molecular formula is C9H11NO5. The number of esters is 1. The normalized spacial score (nSPS) is 11.9. The Morgan fingerprint density at radius 2 is 2.40 bits per heavy atom. The van der Waals surface area contributed by atoms with E-state index in [-0.39, 0.29) is 12.3 Å². The maximum Gasteiger partial charge on any atom is 0.336 e. The summed E-state index contributed by atoms with van der Waals surface area (Å²) in [5.74, 6) is -1.18. The SMILES string of the molecule is COC(=O)C(O)CNC(=O)c1ccco1. The van der Waals surface area contributed by atoms with Gasteiger partial charge in [0.2, 0.25) is 0 Å². The van der Waals surface area contributed by atoms with Crippen LogP contribution in [0.15, 0.2) is 22.8 Å². The lowest BCUT2D eigenvalue weighted by molar-refractivity contribution is -0.149. The van der Waals surface area contributed by atoms with Gasteiger partial charge in [-0.05, 0) is 12.1 Å². The van der Waals surface area contributed by atoms with Crippen LogP contribution < -0.4 is 5.32 Å². The third kappa shape index (κ3) is 3.10. The van der Waals surface area contributed by atoms with Crippen molar-refractivity contribution in [2.45, 2.75) is 6.10 Å². The van der Waals surface area contributed by atoms with Crippen LogP contribution in [0, 0.1) is 0 Å². The number of hydrogen-bond donors (Lipinski definition) is 2. The molecule has 1 atom stereocenters. The summed E-state index contributed by atoms with van der Waals surface area (Å²) in [6.07, 6.45) is -0.0139. The maximum absolute atomic E-state index is 11.3. The first-order valence-electron chi connectivity index (χ1n) is 4.22. The first-order chi connectivity index (χ1) is 7.15. The molecule has 82 valence electrons. The van der Waals surface area contributed by atoms with Gasteiger partial charge >= 0.3 is 5.97 Å². The third-order valence-electron chi connectivity index (χ3n) is 1.67. The van der Waals surface area contributed by atoms with Gasteiger partial charge in [0.1, 0.15) is 0 Å². The number of ether oxygens (including phenoxy) is 1. The molecule has 0 fully saturated rings. The fourth-order valence-electron chi connectivity index (χ4n) is 0.904. The minimum atomic E-state index is -1.37. The highest BCUT2D eigenvalue weighted by Gasteiger charge is 2.17. The molecule has 15 heavy (non-hydrogen) atoms. The predicted molar refractivity (Wildman–Crippen MR) is 49.1 cm³/mol. The highest BCUT2D eigenvalue weighted by Crippen LogP contribution is 1.99. The van der Waals surface area contributed by atoms with Crippen LogP contribution in [0.2, 0.25) is 0 Å². The molecule has 2 N–H and O–H groups in total. The molecule has 0 bridgehead atoms. The summed E-state index contributed by atoms with van der Waals surface area (Å²) < 4.78 is 9.08. The van der Waals surface area contributed by atoms with Gasteiger partial charge < -0.3 is 19.6 Å². The molecular weight excluding hydrogens is 202 g/mol. The summed E-state index contributed by atoms with van der Waals surface area (Å²) in [4.78, 5) is 22.0. The van der Waals surface area contributed by atoms with Crippen LogP contribution in [0.4, 0.5) is 0 Å². The zero-order chi connectivity index (χ0) is 11.3. The second-order valence-electron chi connectivity index (χ2n) is 2.73. The molecule has 0 radical (unpaired) electrons. The Bertz CT molecular complexity index is 332. The van der Waals surface area contributed by atoms with Gasteiger partial charge in [-0.25, -0.2) is 4.79 Å². The second-order valence-corrected chi connectivity index (χ2v) is 2.73. The van der Waals surface area contributed by atoms with Gasteiger partial charge in [0.15, 0.2) is 11.9 Å². The first-order valence-corrected chi connectivity index (χ1v) is 4.22. The van der Waals surface area contributed by atoms with Gasteiger partial charge in [-0.2, -0.15) is 0 Å². The maximum atomic E-state index is 11.3. The van der Waals surface area contributed by atoms with E-state index in [2.05, 4.69) is 10.1 Å². The molecule has 0 spiro atoms. The Hall–Kier alpha value is -1.82. The molecule has 1 rings (SSSR count). The number of carbonyl (C=O) groups excluding carboxylic acids is 2. The van der Waals surface area contributed by atoms with Crippen LogP contribution in [0.1, 0.15) is 10.6 Å². The van der Waals surface area contributed by atoms with Crippen molar-refractivity contribution < 1.29 is 23.8 Å². The molecule has 1 heterocycles. The summed E-state index contributed by atoms with van der Waals surface area (Å²) in [5, 5.41) is 11.5. The molecule has 1 unspecified atom stereocenters. The molecule has 0 aliphatic rings. The number of amides is 1. The number of furan rings is 1. The Kier molecular flexibility index (Phi) is 3.87. The number of aliphatic hydroxyl groups excluding tert-OH is 1. The van der Waals surface area contributed by atoms with Crippen molar-refractivity contribution in [3.05, 3.63) is 24.2 Å².